The number of rotatable bonds is 10. The number of halogens is 1. The lowest BCUT2D eigenvalue weighted by Gasteiger charge is -2.32. The van der Waals surface area contributed by atoms with Gasteiger partial charge in [-0.05, 0) is 68.1 Å². The summed E-state index contributed by atoms with van der Waals surface area (Å²) in [6.45, 7) is 7.84. The molecule has 0 aliphatic carbocycles. The molecule has 0 saturated carbocycles. The molecule has 0 bridgehead atoms. The van der Waals surface area contributed by atoms with E-state index >= 15 is 0 Å². The van der Waals surface area contributed by atoms with E-state index in [1.54, 1.807) is 11.0 Å². The molecule has 0 fully saturated rings. The molecule has 0 unspecified atom stereocenters. The molecule has 3 aromatic carbocycles. The minimum absolute atomic E-state index is 0.0601. The Balaban J connectivity index is 1.93. The molecule has 0 aliphatic rings. The maximum atomic E-state index is 13.6. The molecule has 0 aliphatic heterocycles. The highest BCUT2D eigenvalue weighted by Crippen LogP contribution is 2.22. The molecule has 5 nitrogen and oxygen atoms in total. The van der Waals surface area contributed by atoms with Gasteiger partial charge in [0.25, 0.3) is 5.91 Å². The Kier molecular flexibility index (Phi) is 9.32. The summed E-state index contributed by atoms with van der Waals surface area (Å²) in [5, 5.41) is 3.56. The van der Waals surface area contributed by atoms with E-state index < -0.39 is 6.04 Å². The molecule has 0 spiro atoms. The summed E-state index contributed by atoms with van der Waals surface area (Å²) >= 11 is 6.21. The van der Waals surface area contributed by atoms with Gasteiger partial charge in [0.2, 0.25) is 5.91 Å². The van der Waals surface area contributed by atoms with E-state index in [0.29, 0.717) is 17.2 Å². The second kappa shape index (κ2) is 12.4. The van der Waals surface area contributed by atoms with Crippen LogP contribution in [0, 0.1) is 13.8 Å². The first-order valence-electron chi connectivity index (χ1n) is 11.8. The van der Waals surface area contributed by atoms with Gasteiger partial charge in [0.05, 0.1) is 0 Å². The van der Waals surface area contributed by atoms with Crippen LogP contribution in [0.2, 0.25) is 5.02 Å². The molecule has 0 heterocycles. The van der Waals surface area contributed by atoms with Crippen molar-refractivity contribution < 1.29 is 14.3 Å². The Labute approximate surface area is 213 Å². The highest BCUT2D eigenvalue weighted by Gasteiger charge is 2.31. The summed E-state index contributed by atoms with van der Waals surface area (Å²) in [7, 11) is 0. The number of carbonyl (C=O) groups excluding carboxylic acids is 2. The number of benzene rings is 3. The Morgan fingerprint density at radius 2 is 1.63 bits per heavy atom. The zero-order valence-corrected chi connectivity index (χ0v) is 21.5. The van der Waals surface area contributed by atoms with E-state index in [1.165, 1.54) is 0 Å². The molecule has 6 heteroatoms. The molecule has 3 aromatic rings. The Bertz CT molecular complexity index is 1150. The molecule has 0 radical (unpaired) electrons. The minimum atomic E-state index is -0.714. The van der Waals surface area contributed by atoms with Crippen LogP contribution in [0.1, 0.15) is 36.1 Å². The van der Waals surface area contributed by atoms with Gasteiger partial charge < -0.3 is 15.0 Å². The van der Waals surface area contributed by atoms with E-state index in [0.717, 1.165) is 22.3 Å². The van der Waals surface area contributed by atoms with E-state index in [-0.39, 0.29) is 31.0 Å². The zero-order valence-electron chi connectivity index (χ0n) is 20.8. The molecule has 0 aromatic heterocycles. The summed E-state index contributed by atoms with van der Waals surface area (Å²) in [5.74, 6) is 0.184. The van der Waals surface area contributed by atoms with Crippen LogP contribution >= 0.6 is 11.6 Å². The maximum absolute atomic E-state index is 13.6. The Morgan fingerprint density at radius 1 is 0.943 bits per heavy atom. The standard InChI is InChI=1S/C29H33ClN2O3/c1-20(2)31-29(34)26(17-23-11-6-5-7-12-23)32(18-24-13-9-14-25(30)16-24)28(33)19-35-27-15-8-10-21(3)22(27)4/h5-16,20,26H,17-19H2,1-4H3,(H,31,34)/t26-/m0/s1. The lowest BCUT2D eigenvalue weighted by atomic mass is 10.0. The summed E-state index contributed by atoms with van der Waals surface area (Å²) in [6.07, 6.45) is 0.384. The monoisotopic (exact) mass is 492 g/mol. The molecular formula is C29H33ClN2O3. The van der Waals surface area contributed by atoms with Crippen LogP contribution in [-0.4, -0.2) is 35.4 Å². The van der Waals surface area contributed by atoms with Crippen molar-refractivity contribution in [2.24, 2.45) is 0 Å². The number of amides is 2. The number of carbonyl (C=O) groups is 2. The van der Waals surface area contributed by atoms with Crippen molar-refractivity contribution in [1.29, 1.82) is 0 Å². The fraction of sp³-hybridized carbons (Fsp3) is 0.310. The lowest BCUT2D eigenvalue weighted by molar-refractivity contribution is -0.143. The van der Waals surface area contributed by atoms with Crippen LogP contribution in [-0.2, 0) is 22.6 Å². The number of hydrogen-bond donors (Lipinski definition) is 1. The van der Waals surface area contributed by atoms with Crippen molar-refractivity contribution in [3.8, 4) is 5.75 Å². The van der Waals surface area contributed by atoms with Crippen LogP contribution in [0.5, 0.6) is 5.75 Å². The summed E-state index contributed by atoms with van der Waals surface area (Å²) < 4.78 is 5.93. The predicted molar refractivity (Wildman–Crippen MR) is 141 cm³/mol. The first-order chi connectivity index (χ1) is 16.7. The number of hydrogen-bond acceptors (Lipinski definition) is 3. The fourth-order valence-electron chi connectivity index (χ4n) is 3.87. The molecule has 1 atom stereocenters. The normalized spacial score (nSPS) is 11.7. The van der Waals surface area contributed by atoms with Crippen LogP contribution in [0.3, 0.4) is 0 Å². The average Bonchev–Trinajstić information content (AvgIpc) is 2.82. The third-order valence-corrected chi connectivity index (χ3v) is 6.09. The molecular weight excluding hydrogens is 460 g/mol. The van der Waals surface area contributed by atoms with Crippen molar-refractivity contribution in [2.45, 2.75) is 52.7 Å². The molecule has 2 amide bonds. The molecule has 1 N–H and O–H groups in total. The van der Waals surface area contributed by atoms with Gasteiger partial charge >= 0.3 is 0 Å². The highest BCUT2D eigenvalue weighted by molar-refractivity contribution is 6.30. The second-order valence-electron chi connectivity index (χ2n) is 9.01. The van der Waals surface area contributed by atoms with Gasteiger partial charge in [-0.1, -0.05) is 66.2 Å². The number of nitrogens with zero attached hydrogens (tertiary/aromatic N) is 1. The average molecular weight is 493 g/mol. The van der Waals surface area contributed by atoms with Crippen LogP contribution in [0.4, 0.5) is 0 Å². The topological polar surface area (TPSA) is 58.6 Å². The quantitative estimate of drug-likeness (QED) is 0.406. The molecule has 35 heavy (non-hydrogen) atoms. The van der Waals surface area contributed by atoms with Gasteiger partial charge in [-0.3, -0.25) is 9.59 Å². The maximum Gasteiger partial charge on any atom is 0.261 e. The fourth-order valence-corrected chi connectivity index (χ4v) is 4.08. The van der Waals surface area contributed by atoms with Gasteiger partial charge in [0, 0.05) is 24.0 Å². The van der Waals surface area contributed by atoms with Crippen LogP contribution < -0.4 is 10.1 Å². The Morgan fingerprint density at radius 3 is 2.31 bits per heavy atom. The number of ether oxygens (including phenoxy) is 1. The third kappa shape index (κ3) is 7.59. The van der Waals surface area contributed by atoms with E-state index in [9.17, 15) is 9.59 Å². The highest BCUT2D eigenvalue weighted by atomic mass is 35.5. The minimum Gasteiger partial charge on any atom is -0.483 e. The first kappa shape index (κ1) is 26.3. The lowest BCUT2D eigenvalue weighted by Crippen LogP contribution is -2.52. The first-order valence-corrected chi connectivity index (χ1v) is 12.2. The van der Waals surface area contributed by atoms with Gasteiger partial charge in [-0.25, -0.2) is 0 Å². The van der Waals surface area contributed by atoms with Crippen LogP contribution in [0.25, 0.3) is 0 Å². The summed E-state index contributed by atoms with van der Waals surface area (Å²) in [5.41, 5.74) is 3.88. The van der Waals surface area contributed by atoms with Gasteiger partial charge in [-0.15, -0.1) is 0 Å². The van der Waals surface area contributed by atoms with Gasteiger partial charge in [0.15, 0.2) is 6.61 Å². The van der Waals surface area contributed by atoms with Gasteiger partial charge in [0.1, 0.15) is 11.8 Å². The van der Waals surface area contributed by atoms with E-state index in [1.807, 2.05) is 94.4 Å². The zero-order chi connectivity index (χ0) is 25.4. The van der Waals surface area contributed by atoms with Crippen molar-refractivity contribution in [2.75, 3.05) is 6.61 Å². The van der Waals surface area contributed by atoms with Gasteiger partial charge in [-0.2, -0.15) is 0 Å². The largest absolute Gasteiger partial charge is 0.483 e. The van der Waals surface area contributed by atoms with E-state index in [4.69, 9.17) is 16.3 Å². The molecule has 3 rings (SSSR count). The Hall–Kier alpha value is -3.31. The van der Waals surface area contributed by atoms with Crippen molar-refractivity contribution in [3.05, 3.63) is 100 Å². The predicted octanol–water partition coefficient (Wildman–Crippen LogP) is 5.50. The molecule has 0 saturated heterocycles. The summed E-state index contributed by atoms with van der Waals surface area (Å²) in [4.78, 5) is 28.6. The van der Waals surface area contributed by atoms with Crippen molar-refractivity contribution in [3.63, 3.8) is 0 Å². The van der Waals surface area contributed by atoms with Crippen LogP contribution in [0.15, 0.2) is 72.8 Å². The van der Waals surface area contributed by atoms with Crippen molar-refractivity contribution >= 4 is 23.4 Å². The second-order valence-corrected chi connectivity index (χ2v) is 9.44. The van der Waals surface area contributed by atoms with E-state index in [2.05, 4.69) is 5.32 Å². The summed E-state index contributed by atoms with van der Waals surface area (Å²) in [6, 6.07) is 22.0. The third-order valence-electron chi connectivity index (χ3n) is 5.85. The molecule has 184 valence electrons. The number of aryl methyl sites for hydroxylation is 1. The van der Waals surface area contributed by atoms with Crippen molar-refractivity contribution in [1.82, 2.24) is 10.2 Å². The number of nitrogens with one attached hydrogen (secondary N) is 1. The SMILES string of the molecule is Cc1cccc(OCC(=O)N(Cc2cccc(Cl)c2)[C@@H](Cc2ccccc2)C(=O)NC(C)C)c1C. The smallest absolute Gasteiger partial charge is 0.261 e.